The summed E-state index contributed by atoms with van der Waals surface area (Å²) in [5, 5.41) is 28.5. The molecule has 0 aliphatic heterocycles. The van der Waals surface area contributed by atoms with E-state index in [1.165, 1.54) is 0 Å². The quantitative estimate of drug-likeness (QED) is 0.0829. The van der Waals surface area contributed by atoms with Gasteiger partial charge in [0.05, 0.1) is 6.04 Å². The first-order valence-electron chi connectivity index (χ1n) is 14.5. The first-order valence-corrected chi connectivity index (χ1v) is 14.5. The van der Waals surface area contributed by atoms with Crippen LogP contribution in [-0.4, -0.2) is 81.9 Å². The van der Waals surface area contributed by atoms with E-state index in [2.05, 4.69) is 21.3 Å². The number of hydrogen-bond acceptors (Lipinski definition) is 8. The van der Waals surface area contributed by atoms with E-state index in [0.29, 0.717) is 6.42 Å². The van der Waals surface area contributed by atoms with Crippen LogP contribution in [0.1, 0.15) is 86.5 Å². The number of carboxylic acids is 2. The maximum atomic E-state index is 13.3. The fraction of sp³-hybridized carbons (Fsp3) is 0.750. The van der Waals surface area contributed by atoms with Crippen LogP contribution in [0.2, 0.25) is 0 Å². The third kappa shape index (κ3) is 17.1. The topological polar surface area (TPSA) is 260 Å². The Morgan fingerprint density at radius 3 is 1.35 bits per heavy atom. The zero-order valence-corrected chi connectivity index (χ0v) is 26.0. The summed E-state index contributed by atoms with van der Waals surface area (Å²) in [6, 6.07) is -6.10. The van der Waals surface area contributed by atoms with E-state index in [4.69, 9.17) is 16.6 Å². The van der Waals surface area contributed by atoms with Crippen LogP contribution < -0.4 is 32.7 Å². The average molecular weight is 615 g/mol. The van der Waals surface area contributed by atoms with Crippen molar-refractivity contribution in [3.05, 3.63) is 0 Å². The number of aliphatic carboxylic acids is 2. The molecule has 246 valence electrons. The Labute approximate surface area is 252 Å². The lowest BCUT2D eigenvalue weighted by molar-refractivity contribution is -0.143. The normalized spacial score (nSPS) is 14.7. The van der Waals surface area contributed by atoms with Crippen LogP contribution in [0.15, 0.2) is 0 Å². The molecule has 0 saturated heterocycles. The fourth-order valence-corrected chi connectivity index (χ4v) is 4.20. The van der Waals surface area contributed by atoms with E-state index < -0.39 is 78.1 Å². The van der Waals surface area contributed by atoms with E-state index in [1.807, 2.05) is 13.8 Å². The molecular formula is C28H50N6O9. The van der Waals surface area contributed by atoms with Gasteiger partial charge in [0, 0.05) is 12.8 Å². The molecule has 5 atom stereocenters. The number of nitrogens with one attached hydrogen (secondary N) is 4. The van der Waals surface area contributed by atoms with E-state index >= 15 is 0 Å². The maximum Gasteiger partial charge on any atom is 0.326 e. The zero-order valence-electron chi connectivity index (χ0n) is 26.0. The maximum absolute atomic E-state index is 13.3. The molecule has 0 heterocycles. The van der Waals surface area contributed by atoms with Crippen LogP contribution in [0.4, 0.5) is 0 Å². The molecule has 0 aromatic carbocycles. The van der Waals surface area contributed by atoms with Gasteiger partial charge >= 0.3 is 11.9 Å². The third-order valence-corrected chi connectivity index (χ3v) is 6.32. The van der Waals surface area contributed by atoms with Gasteiger partial charge in [-0.1, -0.05) is 41.5 Å². The summed E-state index contributed by atoms with van der Waals surface area (Å²) in [7, 11) is 0. The van der Waals surface area contributed by atoms with Crippen molar-refractivity contribution in [3.63, 3.8) is 0 Å². The highest BCUT2D eigenvalue weighted by Gasteiger charge is 2.32. The Morgan fingerprint density at radius 2 is 0.930 bits per heavy atom. The number of hydrogen-bond donors (Lipinski definition) is 8. The molecule has 0 aliphatic carbocycles. The molecular weight excluding hydrogens is 564 g/mol. The standard InChI is InChI=1S/C28H50N6O9/c1-14(2)11-17(29)24(38)31-19(8-10-23(36)37)25(39)32-18(7-9-22(30)35)26(40)33-20(12-15(3)4)27(41)34-21(28(42)43)13-16(5)6/h14-21H,7-13,29H2,1-6H3,(H2,30,35)(H,31,38)(H,32,39)(H,33,40)(H,34,41)(H,36,37)(H,42,43). The van der Waals surface area contributed by atoms with Gasteiger partial charge in [-0.3, -0.25) is 28.8 Å². The molecule has 15 nitrogen and oxygen atoms in total. The molecule has 0 spiro atoms. The van der Waals surface area contributed by atoms with E-state index in [-0.39, 0.29) is 49.9 Å². The Hall–Kier alpha value is -3.75. The number of nitrogens with two attached hydrogens (primary N) is 2. The number of rotatable bonds is 21. The lowest BCUT2D eigenvalue weighted by Gasteiger charge is -2.27. The van der Waals surface area contributed by atoms with Crippen LogP contribution in [0.3, 0.4) is 0 Å². The Balaban J connectivity index is 6.00. The van der Waals surface area contributed by atoms with Gasteiger partial charge in [-0.15, -0.1) is 0 Å². The van der Waals surface area contributed by atoms with Gasteiger partial charge in [-0.05, 0) is 49.9 Å². The molecule has 0 fully saturated rings. The van der Waals surface area contributed by atoms with E-state index in [9.17, 15) is 38.7 Å². The lowest BCUT2D eigenvalue weighted by atomic mass is 9.99. The van der Waals surface area contributed by atoms with Gasteiger partial charge < -0.3 is 42.9 Å². The van der Waals surface area contributed by atoms with Crippen LogP contribution in [-0.2, 0) is 33.6 Å². The molecule has 0 radical (unpaired) electrons. The van der Waals surface area contributed by atoms with Crippen molar-refractivity contribution >= 4 is 41.5 Å². The second-order valence-corrected chi connectivity index (χ2v) is 12.0. The summed E-state index contributed by atoms with van der Waals surface area (Å²) >= 11 is 0. The minimum Gasteiger partial charge on any atom is -0.481 e. The van der Waals surface area contributed by atoms with Gasteiger partial charge in [0.15, 0.2) is 0 Å². The largest absolute Gasteiger partial charge is 0.481 e. The van der Waals surface area contributed by atoms with Gasteiger partial charge in [-0.2, -0.15) is 0 Å². The molecule has 0 rings (SSSR count). The van der Waals surface area contributed by atoms with Gasteiger partial charge in [-0.25, -0.2) is 4.79 Å². The SMILES string of the molecule is CC(C)CC(N)C(=O)NC(CCC(=O)O)C(=O)NC(CCC(N)=O)C(=O)NC(CC(C)C)C(=O)NC(CC(C)C)C(=O)O. The number of primary amides is 1. The van der Waals surface area contributed by atoms with Gasteiger partial charge in [0.2, 0.25) is 29.5 Å². The average Bonchev–Trinajstić information content (AvgIpc) is 2.86. The summed E-state index contributed by atoms with van der Waals surface area (Å²) in [6.45, 7) is 10.9. The molecule has 0 saturated carbocycles. The Kier molecular flexibility index (Phi) is 17.7. The van der Waals surface area contributed by atoms with Crippen molar-refractivity contribution in [2.45, 2.75) is 117 Å². The van der Waals surface area contributed by atoms with E-state index in [1.54, 1.807) is 27.7 Å². The lowest BCUT2D eigenvalue weighted by Crippen LogP contribution is -2.58. The molecule has 0 aromatic rings. The predicted octanol–water partition coefficient (Wildman–Crippen LogP) is -0.394. The molecule has 15 heteroatoms. The molecule has 5 amide bonds. The smallest absolute Gasteiger partial charge is 0.326 e. The monoisotopic (exact) mass is 614 g/mol. The Bertz CT molecular complexity index is 986. The van der Waals surface area contributed by atoms with Gasteiger partial charge in [0.1, 0.15) is 24.2 Å². The number of carbonyl (C=O) groups excluding carboxylic acids is 5. The molecule has 43 heavy (non-hydrogen) atoms. The van der Waals surface area contributed by atoms with Crippen molar-refractivity contribution in [1.29, 1.82) is 0 Å². The molecule has 0 bridgehead atoms. The second kappa shape index (κ2) is 19.4. The zero-order chi connectivity index (χ0) is 33.4. The number of amides is 5. The number of carbonyl (C=O) groups is 7. The molecule has 10 N–H and O–H groups in total. The summed E-state index contributed by atoms with van der Waals surface area (Å²) in [6.07, 6.45) is -0.773. The van der Waals surface area contributed by atoms with Crippen LogP contribution >= 0.6 is 0 Å². The third-order valence-electron chi connectivity index (χ3n) is 6.32. The van der Waals surface area contributed by atoms with Gasteiger partial charge in [0.25, 0.3) is 0 Å². The highest BCUT2D eigenvalue weighted by atomic mass is 16.4. The minimum absolute atomic E-state index is 0.0394. The van der Waals surface area contributed by atoms with E-state index in [0.717, 1.165) is 0 Å². The first-order chi connectivity index (χ1) is 19.8. The summed E-state index contributed by atoms with van der Waals surface area (Å²) in [4.78, 5) is 86.6. The van der Waals surface area contributed by atoms with Crippen LogP contribution in [0.5, 0.6) is 0 Å². The van der Waals surface area contributed by atoms with Crippen LogP contribution in [0.25, 0.3) is 0 Å². The Morgan fingerprint density at radius 1 is 0.558 bits per heavy atom. The molecule has 0 aromatic heterocycles. The minimum atomic E-state index is -1.40. The fourth-order valence-electron chi connectivity index (χ4n) is 4.20. The highest BCUT2D eigenvalue weighted by molar-refractivity contribution is 5.95. The van der Waals surface area contributed by atoms with Crippen molar-refractivity contribution < 1.29 is 43.8 Å². The summed E-state index contributed by atoms with van der Waals surface area (Å²) < 4.78 is 0. The molecule has 5 unspecified atom stereocenters. The predicted molar refractivity (Wildman–Crippen MR) is 157 cm³/mol. The van der Waals surface area contributed by atoms with Crippen molar-refractivity contribution in [2.75, 3.05) is 0 Å². The van der Waals surface area contributed by atoms with Crippen molar-refractivity contribution in [2.24, 2.45) is 29.2 Å². The van der Waals surface area contributed by atoms with Crippen molar-refractivity contribution in [3.8, 4) is 0 Å². The summed E-state index contributed by atoms with van der Waals surface area (Å²) in [5.41, 5.74) is 11.2. The van der Waals surface area contributed by atoms with Crippen LogP contribution in [0, 0.1) is 17.8 Å². The second-order valence-electron chi connectivity index (χ2n) is 12.0. The highest BCUT2D eigenvalue weighted by Crippen LogP contribution is 2.11. The first kappa shape index (κ1) is 39.2. The summed E-state index contributed by atoms with van der Waals surface area (Å²) in [5.74, 6) is -6.46. The molecule has 0 aliphatic rings. The van der Waals surface area contributed by atoms with Crippen molar-refractivity contribution in [1.82, 2.24) is 21.3 Å². The number of carboxylic acid groups (broad SMARTS) is 2.